The smallest absolute Gasteiger partial charge is 0.400 e. The predicted molar refractivity (Wildman–Crippen MR) is 105 cm³/mol. The SMILES string of the molecule is C=NN(C)/C(Cl)=C(\Br)[C@H]1CN(C)C(=O)[C@@H]1C(=O)Nc1cccc(F)c1OC(F)(F)F. The maximum absolute atomic E-state index is 13.9. The molecule has 2 rings (SSSR count). The van der Waals surface area contributed by atoms with Crippen molar-refractivity contribution in [2.75, 3.05) is 26.0 Å². The average Bonchev–Trinajstić information content (AvgIpc) is 2.96. The summed E-state index contributed by atoms with van der Waals surface area (Å²) in [5.74, 6) is -6.22. The Hall–Kier alpha value is -2.34. The van der Waals surface area contributed by atoms with Crippen molar-refractivity contribution >= 4 is 51.8 Å². The van der Waals surface area contributed by atoms with Gasteiger partial charge in [0.15, 0.2) is 11.6 Å². The van der Waals surface area contributed by atoms with Crippen LogP contribution in [0.1, 0.15) is 0 Å². The average molecular weight is 516 g/mol. The van der Waals surface area contributed by atoms with Crippen LogP contribution in [0.3, 0.4) is 0 Å². The van der Waals surface area contributed by atoms with Crippen molar-refractivity contribution in [2.45, 2.75) is 6.36 Å². The molecule has 0 saturated carbocycles. The maximum Gasteiger partial charge on any atom is 0.573 e. The molecule has 0 radical (unpaired) electrons. The Balaban J connectivity index is 2.38. The molecule has 1 aromatic rings. The molecule has 1 N–H and O–H groups in total. The van der Waals surface area contributed by atoms with Gasteiger partial charge in [0.05, 0.1) is 5.69 Å². The van der Waals surface area contributed by atoms with Crippen LogP contribution < -0.4 is 10.1 Å². The Bertz CT molecular complexity index is 896. The van der Waals surface area contributed by atoms with Gasteiger partial charge in [-0.1, -0.05) is 33.6 Å². The minimum absolute atomic E-state index is 0.0581. The van der Waals surface area contributed by atoms with Crippen LogP contribution in [-0.4, -0.2) is 55.4 Å². The summed E-state index contributed by atoms with van der Waals surface area (Å²) >= 11 is 9.43. The van der Waals surface area contributed by atoms with E-state index >= 15 is 0 Å². The van der Waals surface area contributed by atoms with Crippen molar-refractivity contribution in [2.24, 2.45) is 16.9 Å². The fraction of sp³-hybridized carbons (Fsp3) is 0.353. The molecule has 0 aliphatic carbocycles. The van der Waals surface area contributed by atoms with Gasteiger partial charge in [0, 0.05) is 37.8 Å². The number of ether oxygens (including phenoxy) is 1. The molecule has 2 atom stereocenters. The number of likely N-dealkylation sites (tertiary alicyclic amines) is 1. The van der Waals surface area contributed by atoms with Gasteiger partial charge in [0.25, 0.3) is 0 Å². The molecule has 1 heterocycles. The molecule has 1 fully saturated rings. The first-order valence-corrected chi connectivity index (χ1v) is 9.40. The highest BCUT2D eigenvalue weighted by Crippen LogP contribution is 2.39. The molecule has 1 aliphatic rings. The molecule has 0 unspecified atom stereocenters. The zero-order chi connectivity index (χ0) is 22.8. The van der Waals surface area contributed by atoms with Crippen molar-refractivity contribution in [3.8, 4) is 5.75 Å². The number of hydrogen-bond donors (Lipinski definition) is 1. The lowest BCUT2D eigenvalue weighted by atomic mass is 9.94. The number of para-hydroxylation sites is 1. The number of benzene rings is 1. The summed E-state index contributed by atoms with van der Waals surface area (Å²) < 4.78 is 55.7. The van der Waals surface area contributed by atoms with Gasteiger partial charge >= 0.3 is 6.36 Å². The molecule has 0 bridgehead atoms. The number of carbonyl (C=O) groups excluding carboxylic acids is 2. The molecular formula is C17H16BrClF4N4O3. The van der Waals surface area contributed by atoms with Gasteiger partial charge in [-0.3, -0.25) is 14.6 Å². The summed E-state index contributed by atoms with van der Waals surface area (Å²) in [4.78, 5) is 26.6. The second kappa shape index (κ2) is 9.21. The first kappa shape index (κ1) is 23.9. The molecule has 1 aromatic carbocycles. The largest absolute Gasteiger partial charge is 0.573 e. The van der Waals surface area contributed by atoms with Crippen molar-refractivity contribution in [1.29, 1.82) is 0 Å². The number of alkyl halides is 3. The van der Waals surface area contributed by atoms with Crippen LogP contribution in [0.2, 0.25) is 0 Å². The lowest BCUT2D eigenvalue weighted by molar-refractivity contribution is -0.275. The standard InChI is InChI=1S/C17H16BrClF4N4O3/c1-24-27(3)14(19)12(18)8-7-26(2)16(29)11(8)15(28)25-10-6-4-5-9(20)13(10)30-17(21,22)23/h4-6,8,11H,1,7H2,2-3H3,(H,25,28)/b14-12-/t8-,11-/m0/s1. The Morgan fingerprint density at radius 2 is 2.10 bits per heavy atom. The van der Waals surface area contributed by atoms with E-state index in [2.05, 4.69) is 37.8 Å². The Morgan fingerprint density at radius 3 is 2.67 bits per heavy atom. The molecule has 1 aliphatic heterocycles. The Labute approximate surface area is 182 Å². The van der Waals surface area contributed by atoms with Gasteiger partial charge in [0.2, 0.25) is 11.8 Å². The molecule has 7 nitrogen and oxygen atoms in total. The Morgan fingerprint density at radius 1 is 1.47 bits per heavy atom. The summed E-state index contributed by atoms with van der Waals surface area (Å²) in [5.41, 5.74) is -0.575. The molecule has 30 heavy (non-hydrogen) atoms. The van der Waals surface area contributed by atoms with Gasteiger partial charge < -0.3 is 15.0 Å². The van der Waals surface area contributed by atoms with E-state index < -0.39 is 47.3 Å². The van der Waals surface area contributed by atoms with Gasteiger partial charge in [-0.25, -0.2) is 4.39 Å². The van der Waals surface area contributed by atoms with E-state index in [1.165, 1.54) is 24.0 Å². The number of amides is 2. The maximum atomic E-state index is 13.9. The van der Waals surface area contributed by atoms with Crippen molar-refractivity contribution in [3.05, 3.63) is 33.7 Å². The highest BCUT2D eigenvalue weighted by atomic mass is 79.9. The van der Waals surface area contributed by atoms with Gasteiger partial charge in [-0.2, -0.15) is 5.10 Å². The van der Waals surface area contributed by atoms with Crippen molar-refractivity contribution < 1.29 is 31.9 Å². The summed E-state index contributed by atoms with van der Waals surface area (Å²) in [6, 6.07) is 2.85. The van der Waals surface area contributed by atoms with Crippen LogP contribution in [0.5, 0.6) is 5.75 Å². The van der Waals surface area contributed by atoms with Crippen LogP contribution in [0.4, 0.5) is 23.2 Å². The normalized spacial score (nSPS) is 20.0. The van der Waals surface area contributed by atoms with Crippen molar-refractivity contribution in [1.82, 2.24) is 9.91 Å². The monoisotopic (exact) mass is 514 g/mol. The molecule has 2 amide bonds. The van der Waals surface area contributed by atoms with E-state index in [4.69, 9.17) is 11.6 Å². The number of carbonyl (C=O) groups is 2. The highest BCUT2D eigenvalue weighted by molar-refractivity contribution is 9.11. The number of nitrogens with zero attached hydrogens (tertiary/aromatic N) is 3. The molecule has 0 spiro atoms. The van der Waals surface area contributed by atoms with E-state index in [0.717, 1.165) is 18.2 Å². The van der Waals surface area contributed by atoms with Gasteiger partial charge in [-0.05, 0) is 12.1 Å². The number of anilines is 1. The number of hydrazone groups is 1. The molecule has 13 heteroatoms. The Kier molecular flexibility index (Phi) is 7.35. The van der Waals surface area contributed by atoms with Gasteiger partial charge in [0.1, 0.15) is 11.1 Å². The van der Waals surface area contributed by atoms with Gasteiger partial charge in [-0.15, -0.1) is 13.2 Å². The number of halogens is 6. The molecular weight excluding hydrogens is 500 g/mol. The summed E-state index contributed by atoms with van der Waals surface area (Å²) in [7, 11) is 2.94. The van der Waals surface area contributed by atoms with E-state index in [0.29, 0.717) is 0 Å². The second-order valence-electron chi connectivity index (χ2n) is 6.26. The summed E-state index contributed by atoms with van der Waals surface area (Å²) in [6.45, 7) is 3.41. The van der Waals surface area contributed by atoms with Crippen LogP contribution in [-0.2, 0) is 9.59 Å². The van der Waals surface area contributed by atoms with Crippen molar-refractivity contribution in [3.63, 3.8) is 0 Å². The third kappa shape index (κ3) is 5.22. The van der Waals surface area contributed by atoms with Crippen LogP contribution in [0.25, 0.3) is 0 Å². The molecule has 164 valence electrons. The minimum Gasteiger partial charge on any atom is -0.400 e. The summed E-state index contributed by atoms with van der Waals surface area (Å²) in [6.07, 6.45) is -5.19. The number of hydrogen-bond acceptors (Lipinski definition) is 5. The fourth-order valence-corrected chi connectivity index (χ4v) is 3.69. The first-order valence-electron chi connectivity index (χ1n) is 8.23. The highest BCUT2D eigenvalue weighted by Gasteiger charge is 2.46. The fourth-order valence-electron chi connectivity index (χ4n) is 2.83. The topological polar surface area (TPSA) is 74.2 Å². The van der Waals surface area contributed by atoms with E-state index in [9.17, 15) is 27.2 Å². The van der Waals surface area contributed by atoms with E-state index in [-0.39, 0.29) is 16.2 Å². The molecule has 0 aromatic heterocycles. The third-order valence-corrected chi connectivity index (χ3v) is 5.90. The number of nitrogens with one attached hydrogen (secondary N) is 1. The van der Waals surface area contributed by atoms with Crippen LogP contribution in [0, 0.1) is 17.7 Å². The lowest BCUT2D eigenvalue weighted by Crippen LogP contribution is -2.34. The van der Waals surface area contributed by atoms with E-state index in [1.807, 2.05) is 0 Å². The predicted octanol–water partition coefficient (Wildman–Crippen LogP) is 3.72. The van der Waals surface area contributed by atoms with Crippen LogP contribution >= 0.6 is 27.5 Å². The molecule has 1 saturated heterocycles. The second-order valence-corrected chi connectivity index (χ2v) is 7.47. The third-order valence-electron chi connectivity index (χ3n) is 4.26. The van der Waals surface area contributed by atoms with E-state index in [1.54, 1.807) is 0 Å². The van der Waals surface area contributed by atoms with Crippen LogP contribution in [0.15, 0.2) is 32.9 Å². The first-order chi connectivity index (χ1) is 13.9. The zero-order valence-corrected chi connectivity index (χ0v) is 18.0. The quantitative estimate of drug-likeness (QED) is 0.206. The lowest BCUT2D eigenvalue weighted by Gasteiger charge is -2.21. The number of rotatable bonds is 6. The minimum atomic E-state index is -5.19. The summed E-state index contributed by atoms with van der Waals surface area (Å²) in [5, 5.41) is 7.02. The zero-order valence-electron chi connectivity index (χ0n) is 15.6.